The van der Waals surface area contributed by atoms with Crippen LogP contribution in [0.5, 0.6) is 0 Å². The van der Waals surface area contributed by atoms with Crippen molar-refractivity contribution in [2.24, 2.45) is 0 Å². The van der Waals surface area contributed by atoms with Gasteiger partial charge in [0.25, 0.3) is 5.69 Å². The van der Waals surface area contributed by atoms with Crippen molar-refractivity contribution in [3.05, 3.63) is 33.3 Å². The van der Waals surface area contributed by atoms with E-state index in [-0.39, 0.29) is 22.7 Å². The van der Waals surface area contributed by atoms with Crippen LogP contribution >= 0.6 is 23.4 Å². The third kappa shape index (κ3) is 3.59. The van der Waals surface area contributed by atoms with E-state index in [1.165, 1.54) is 18.2 Å². The molecule has 2 N–H and O–H groups in total. The van der Waals surface area contributed by atoms with Gasteiger partial charge >= 0.3 is 0 Å². The second-order valence-electron chi connectivity index (χ2n) is 3.99. The van der Waals surface area contributed by atoms with Crippen LogP contribution in [-0.2, 0) is 4.79 Å². The lowest BCUT2D eigenvalue weighted by Crippen LogP contribution is -2.46. The lowest BCUT2D eigenvalue weighted by molar-refractivity contribution is -0.384. The van der Waals surface area contributed by atoms with Gasteiger partial charge in [-0.05, 0) is 12.1 Å². The molecule has 1 aromatic rings. The molecule has 8 heteroatoms. The number of rotatable bonds is 3. The number of nitro groups is 1. The molecule has 1 aromatic carbocycles. The molecule has 0 spiro atoms. The minimum Gasteiger partial charge on any atom is -0.325 e. The number of nitrogens with one attached hydrogen (secondary N) is 2. The Hall–Kier alpha value is -1.31. The van der Waals surface area contributed by atoms with Gasteiger partial charge in [0.05, 0.1) is 11.0 Å². The van der Waals surface area contributed by atoms with E-state index < -0.39 is 4.92 Å². The number of thioether (sulfide) groups is 1. The first-order valence-electron chi connectivity index (χ1n) is 5.64. The van der Waals surface area contributed by atoms with Crippen LogP contribution in [0.15, 0.2) is 18.2 Å². The zero-order valence-corrected chi connectivity index (χ0v) is 11.5. The number of hydrogen-bond donors (Lipinski definition) is 2. The van der Waals surface area contributed by atoms with Crippen LogP contribution in [0.2, 0.25) is 5.02 Å². The second kappa shape index (κ2) is 6.23. The molecule has 19 heavy (non-hydrogen) atoms. The maximum atomic E-state index is 11.9. The summed E-state index contributed by atoms with van der Waals surface area (Å²) in [6, 6.07) is 3.89. The molecule has 0 aromatic heterocycles. The summed E-state index contributed by atoms with van der Waals surface area (Å²) in [6.07, 6.45) is 0. The summed E-state index contributed by atoms with van der Waals surface area (Å²) < 4.78 is 0. The van der Waals surface area contributed by atoms with E-state index in [1.807, 2.05) is 0 Å². The summed E-state index contributed by atoms with van der Waals surface area (Å²) in [5.41, 5.74) is 0.281. The first-order chi connectivity index (χ1) is 9.08. The van der Waals surface area contributed by atoms with Crippen molar-refractivity contribution in [3.63, 3.8) is 0 Å². The van der Waals surface area contributed by atoms with Crippen molar-refractivity contribution in [2.75, 3.05) is 23.4 Å². The zero-order valence-electron chi connectivity index (χ0n) is 9.89. The highest BCUT2D eigenvalue weighted by atomic mass is 35.5. The minimum absolute atomic E-state index is 0.00813. The van der Waals surface area contributed by atoms with Crippen LogP contribution in [0, 0.1) is 10.1 Å². The Bertz CT molecular complexity index is 506. The highest BCUT2D eigenvalue weighted by Crippen LogP contribution is 2.27. The Kier molecular flexibility index (Phi) is 4.62. The van der Waals surface area contributed by atoms with Gasteiger partial charge in [0.2, 0.25) is 5.91 Å². The molecule has 2 rings (SSSR count). The Morgan fingerprint density at radius 1 is 1.58 bits per heavy atom. The fourth-order valence-electron chi connectivity index (χ4n) is 1.70. The van der Waals surface area contributed by atoms with Gasteiger partial charge in [0, 0.05) is 29.8 Å². The van der Waals surface area contributed by atoms with Gasteiger partial charge in [-0.25, -0.2) is 0 Å². The second-order valence-corrected chi connectivity index (χ2v) is 5.55. The summed E-state index contributed by atoms with van der Waals surface area (Å²) >= 11 is 7.49. The highest BCUT2D eigenvalue weighted by molar-refractivity contribution is 7.99. The average Bonchev–Trinajstić information content (AvgIpc) is 2.39. The molecule has 6 nitrogen and oxygen atoms in total. The largest absolute Gasteiger partial charge is 0.325 e. The molecule has 102 valence electrons. The fourth-order valence-corrected chi connectivity index (χ4v) is 2.88. The van der Waals surface area contributed by atoms with E-state index >= 15 is 0 Å². The van der Waals surface area contributed by atoms with Gasteiger partial charge in [0.15, 0.2) is 0 Å². The number of carbonyl (C=O) groups is 1. The standard InChI is InChI=1S/C11H12ClN3O3S/c12-8-5-7(1-2-10(8)15(17)18)14-11(16)9-6-19-4-3-13-9/h1-2,5,9,13H,3-4,6H2,(H,14,16). The predicted molar refractivity (Wildman–Crippen MR) is 75.9 cm³/mol. The molecule has 0 radical (unpaired) electrons. The van der Waals surface area contributed by atoms with Crippen LogP contribution in [-0.4, -0.2) is 34.9 Å². The van der Waals surface area contributed by atoms with Crippen molar-refractivity contribution in [2.45, 2.75) is 6.04 Å². The van der Waals surface area contributed by atoms with E-state index in [4.69, 9.17) is 11.6 Å². The molecule has 0 bridgehead atoms. The van der Waals surface area contributed by atoms with Crippen molar-refractivity contribution >= 4 is 40.6 Å². The van der Waals surface area contributed by atoms with Gasteiger partial charge in [-0.15, -0.1) is 0 Å². The van der Waals surface area contributed by atoms with Crippen molar-refractivity contribution in [1.82, 2.24) is 5.32 Å². The van der Waals surface area contributed by atoms with Crippen LogP contribution in [0.3, 0.4) is 0 Å². The van der Waals surface area contributed by atoms with Gasteiger partial charge in [-0.3, -0.25) is 14.9 Å². The first kappa shape index (κ1) is 14.1. The van der Waals surface area contributed by atoms with E-state index in [1.54, 1.807) is 11.8 Å². The number of amides is 1. The zero-order chi connectivity index (χ0) is 13.8. The maximum Gasteiger partial charge on any atom is 0.288 e. The summed E-state index contributed by atoms with van der Waals surface area (Å²) in [7, 11) is 0. The SMILES string of the molecule is O=C(Nc1ccc([N+](=O)[O-])c(Cl)c1)C1CSCCN1. The quantitative estimate of drug-likeness (QED) is 0.658. The molecule has 1 saturated heterocycles. The molecule has 0 saturated carbocycles. The third-order valence-electron chi connectivity index (χ3n) is 2.65. The van der Waals surface area contributed by atoms with Gasteiger partial charge in [-0.2, -0.15) is 11.8 Å². The Morgan fingerprint density at radius 3 is 2.95 bits per heavy atom. The smallest absolute Gasteiger partial charge is 0.288 e. The Labute approximate surface area is 119 Å². The summed E-state index contributed by atoms with van der Waals surface area (Å²) in [6.45, 7) is 0.795. The summed E-state index contributed by atoms with van der Waals surface area (Å²) in [4.78, 5) is 22.0. The molecular formula is C11H12ClN3O3S. The monoisotopic (exact) mass is 301 g/mol. The normalized spacial score (nSPS) is 18.9. The summed E-state index contributed by atoms with van der Waals surface area (Å²) in [5, 5.41) is 16.4. The Balaban J connectivity index is 2.04. The average molecular weight is 302 g/mol. The number of benzene rings is 1. The number of carbonyl (C=O) groups excluding carboxylic acids is 1. The predicted octanol–water partition coefficient (Wildman–Crippen LogP) is 1.89. The van der Waals surface area contributed by atoms with Gasteiger partial charge < -0.3 is 10.6 Å². The van der Waals surface area contributed by atoms with Crippen molar-refractivity contribution in [3.8, 4) is 0 Å². The van der Waals surface area contributed by atoms with E-state index in [9.17, 15) is 14.9 Å². The molecule has 0 aliphatic carbocycles. The minimum atomic E-state index is -0.562. The van der Waals surface area contributed by atoms with Crippen molar-refractivity contribution < 1.29 is 9.72 Å². The molecule has 1 atom stereocenters. The molecule has 1 aliphatic rings. The van der Waals surface area contributed by atoms with Crippen LogP contribution in [0.1, 0.15) is 0 Å². The van der Waals surface area contributed by atoms with Crippen LogP contribution < -0.4 is 10.6 Å². The van der Waals surface area contributed by atoms with Crippen LogP contribution in [0.4, 0.5) is 11.4 Å². The van der Waals surface area contributed by atoms with E-state index in [0.717, 1.165) is 12.3 Å². The number of anilines is 1. The molecule has 1 fully saturated rings. The topological polar surface area (TPSA) is 84.3 Å². The molecule has 1 heterocycles. The molecular weight excluding hydrogens is 290 g/mol. The fraction of sp³-hybridized carbons (Fsp3) is 0.364. The lowest BCUT2D eigenvalue weighted by atomic mass is 10.2. The lowest BCUT2D eigenvalue weighted by Gasteiger charge is -2.22. The maximum absolute atomic E-state index is 11.9. The number of halogens is 1. The third-order valence-corrected chi connectivity index (χ3v) is 4.01. The highest BCUT2D eigenvalue weighted by Gasteiger charge is 2.21. The number of nitrogens with zero attached hydrogens (tertiary/aromatic N) is 1. The molecule has 1 amide bonds. The van der Waals surface area contributed by atoms with Gasteiger partial charge in [-0.1, -0.05) is 11.6 Å². The van der Waals surface area contributed by atoms with Gasteiger partial charge in [0.1, 0.15) is 5.02 Å². The van der Waals surface area contributed by atoms with E-state index in [0.29, 0.717) is 11.4 Å². The first-order valence-corrected chi connectivity index (χ1v) is 7.17. The summed E-state index contributed by atoms with van der Waals surface area (Å²) in [5.74, 6) is 1.55. The van der Waals surface area contributed by atoms with Crippen LogP contribution in [0.25, 0.3) is 0 Å². The number of hydrogen-bond acceptors (Lipinski definition) is 5. The van der Waals surface area contributed by atoms with Crippen molar-refractivity contribution in [1.29, 1.82) is 0 Å². The molecule has 1 unspecified atom stereocenters. The molecule has 1 aliphatic heterocycles. The Morgan fingerprint density at radius 2 is 2.37 bits per heavy atom. The number of nitro benzene ring substituents is 1. The van der Waals surface area contributed by atoms with E-state index in [2.05, 4.69) is 10.6 Å².